The monoisotopic (exact) mass is 620 g/mol. The lowest BCUT2D eigenvalue weighted by Gasteiger charge is -2.20. The number of hydrogen-bond donors (Lipinski definition) is 0. The van der Waals surface area contributed by atoms with E-state index in [1.165, 1.54) is 39.1 Å². The van der Waals surface area contributed by atoms with Crippen molar-refractivity contribution in [3.8, 4) is 34.6 Å². The van der Waals surface area contributed by atoms with Gasteiger partial charge in [0.2, 0.25) is 5.88 Å². The predicted molar refractivity (Wildman–Crippen MR) is 151 cm³/mol. The van der Waals surface area contributed by atoms with Crippen molar-refractivity contribution in [2.45, 2.75) is 16.8 Å². The van der Waals surface area contributed by atoms with Gasteiger partial charge in [-0.3, -0.25) is 4.57 Å². The molecular weight excluding hydrogens is 591 g/mol. The summed E-state index contributed by atoms with van der Waals surface area (Å²) < 4.78 is 89.1. The summed E-state index contributed by atoms with van der Waals surface area (Å²) in [5.74, 6) is -0.896. The summed E-state index contributed by atoms with van der Waals surface area (Å²) in [7, 11) is -2.38. The second-order valence-corrected chi connectivity index (χ2v) is 13.2. The van der Waals surface area contributed by atoms with Crippen molar-refractivity contribution in [1.82, 2.24) is 19.7 Å². The number of pyridine rings is 1. The molecule has 0 spiro atoms. The maximum Gasteiger partial charge on any atom is 0.213 e. The molecule has 0 amide bonds. The molecule has 4 rings (SSSR count). The summed E-state index contributed by atoms with van der Waals surface area (Å²) in [5, 5.41) is 8.44. The van der Waals surface area contributed by atoms with Gasteiger partial charge >= 0.3 is 0 Å². The van der Waals surface area contributed by atoms with Crippen molar-refractivity contribution >= 4 is 19.7 Å². The molecule has 224 valence electrons. The summed E-state index contributed by atoms with van der Waals surface area (Å²) in [6.45, 7) is 0. The van der Waals surface area contributed by atoms with Gasteiger partial charge in [-0.2, -0.15) is 0 Å². The molecule has 0 aliphatic heterocycles. The Morgan fingerprint density at radius 2 is 1.55 bits per heavy atom. The average Bonchev–Trinajstić information content (AvgIpc) is 3.37. The van der Waals surface area contributed by atoms with Crippen molar-refractivity contribution in [3.05, 3.63) is 71.8 Å². The third-order valence-electron chi connectivity index (χ3n) is 6.28. The van der Waals surface area contributed by atoms with Gasteiger partial charge in [-0.1, -0.05) is 18.2 Å². The van der Waals surface area contributed by atoms with Crippen LogP contribution < -0.4 is 14.2 Å². The molecule has 0 saturated heterocycles. The van der Waals surface area contributed by atoms with Crippen LogP contribution in [0, 0.1) is 5.82 Å². The Bertz CT molecular complexity index is 1790. The highest BCUT2D eigenvalue weighted by Crippen LogP contribution is 2.37. The van der Waals surface area contributed by atoms with Crippen LogP contribution in [0.5, 0.6) is 17.4 Å². The molecule has 42 heavy (non-hydrogen) atoms. The van der Waals surface area contributed by atoms with Crippen LogP contribution in [0.3, 0.4) is 0 Å². The molecule has 0 bridgehead atoms. The van der Waals surface area contributed by atoms with Gasteiger partial charge in [0.05, 0.1) is 38.1 Å². The Morgan fingerprint density at radius 1 is 0.881 bits per heavy atom. The van der Waals surface area contributed by atoms with E-state index in [1.807, 2.05) is 0 Å². The second kappa shape index (κ2) is 12.4. The standard InChI is InChI=1S/C27H29FN4O8S2/c1-37-20-9-7-10-21(38-2)26(20)32-24(30-31-27(32)19-8-6-11-25(29-19)40-4)16-42(35,36)15-22(39-3)18-13-12-17(28)14-23(18)41(5,33)34/h6-14,22H,15-16H2,1-5H3/t22-/m0/s1. The minimum Gasteiger partial charge on any atom is -0.494 e. The van der Waals surface area contributed by atoms with E-state index in [0.29, 0.717) is 28.8 Å². The summed E-state index contributed by atoms with van der Waals surface area (Å²) in [4.78, 5) is 4.06. The van der Waals surface area contributed by atoms with E-state index in [-0.39, 0.29) is 22.1 Å². The van der Waals surface area contributed by atoms with Gasteiger partial charge in [-0.25, -0.2) is 26.2 Å². The van der Waals surface area contributed by atoms with Crippen molar-refractivity contribution in [1.29, 1.82) is 0 Å². The number of aromatic nitrogens is 4. The normalized spacial score (nSPS) is 12.6. The highest BCUT2D eigenvalue weighted by atomic mass is 32.2. The van der Waals surface area contributed by atoms with E-state index in [9.17, 15) is 21.2 Å². The van der Waals surface area contributed by atoms with Crippen LogP contribution in [-0.2, 0) is 30.2 Å². The Kier molecular flexibility index (Phi) is 9.13. The Labute approximate surface area is 242 Å². The molecule has 0 aliphatic rings. The molecule has 1 atom stereocenters. The molecule has 0 fully saturated rings. The molecule has 12 nitrogen and oxygen atoms in total. The number of nitrogens with zero attached hydrogens (tertiary/aromatic N) is 4. The molecule has 0 N–H and O–H groups in total. The van der Waals surface area contributed by atoms with Crippen LogP contribution in [0.15, 0.2) is 59.5 Å². The van der Waals surface area contributed by atoms with Crippen LogP contribution in [0.4, 0.5) is 4.39 Å². The highest BCUT2D eigenvalue weighted by Gasteiger charge is 2.30. The number of benzene rings is 2. The minimum absolute atomic E-state index is 0.00489. The summed E-state index contributed by atoms with van der Waals surface area (Å²) >= 11 is 0. The zero-order chi connectivity index (χ0) is 30.7. The zero-order valence-electron chi connectivity index (χ0n) is 23.4. The predicted octanol–water partition coefficient (Wildman–Crippen LogP) is 3.20. The van der Waals surface area contributed by atoms with Crippen LogP contribution in [0.25, 0.3) is 17.2 Å². The SMILES string of the molecule is COc1cccc(-c2nnc(CS(=O)(=O)C[C@H](OC)c3ccc(F)cc3S(C)(=O)=O)n2-c2c(OC)cccc2OC)n1. The minimum atomic E-state index is -4.08. The smallest absolute Gasteiger partial charge is 0.213 e. The maximum absolute atomic E-state index is 13.9. The molecular formula is C27H29FN4O8S2. The summed E-state index contributed by atoms with van der Waals surface area (Å²) in [6, 6.07) is 13.1. The highest BCUT2D eigenvalue weighted by molar-refractivity contribution is 7.91. The number of methoxy groups -OCH3 is 4. The van der Waals surface area contributed by atoms with E-state index >= 15 is 0 Å². The third-order valence-corrected chi connectivity index (χ3v) is 8.94. The molecule has 0 saturated carbocycles. The lowest BCUT2D eigenvalue weighted by molar-refractivity contribution is 0.119. The van der Waals surface area contributed by atoms with Crippen molar-refractivity contribution in [3.63, 3.8) is 0 Å². The fraction of sp³-hybridized carbons (Fsp3) is 0.296. The number of hydrogen-bond acceptors (Lipinski definition) is 11. The topological polar surface area (TPSA) is 149 Å². The first-order chi connectivity index (χ1) is 19.9. The van der Waals surface area contributed by atoms with Crippen LogP contribution in [0.1, 0.15) is 17.5 Å². The first-order valence-corrected chi connectivity index (χ1v) is 16.0. The zero-order valence-corrected chi connectivity index (χ0v) is 25.1. The first-order valence-electron chi connectivity index (χ1n) is 12.3. The molecule has 2 aromatic carbocycles. The lowest BCUT2D eigenvalue weighted by atomic mass is 10.1. The van der Waals surface area contributed by atoms with Gasteiger partial charge in [0.25, 0.3) is 0 Å². The fourth-order valence-electron chi connectivity index (χ4n) is 4.38. The van der Waals surface area contributed by atoms with Gasteiger partial charge in [0.1, 0.15) is 34.5 Å². The molecule has 0 aliphatic carbocycles. The lowest BCUT2D eigenvalue weighted by Crippen LogP contribution is -2.21. The number of halogens is 1. The molecule has 2 heterocycles. The van der Waals surface area contributed by atoms with E-state index < -0.39 is 43.1 Å². The third kappa shape index (κ3) is 6.53. The maximum atomic E-state index is 13.9. The van der Waals surface area contributed by atoms with Crippen LogP contribution in [0.2, 0.25) is 0 Å². The van der Waals surface area contributed by atoms with E-state index in [1.54, 1.807) is 36.4 Å². The fourth-order valence-corrected chi connectivity index (χ4v) is 6.81. The molecule has 4 aromatic rings. The second-order valence-electron chi connectivity index (χ2n) is 9.08. The first kappa shape index (κ1) is 30.9. The quantitative estimate of drug-likeness (QED) is 0.230. The van der Waals surface area contributed by atoms with Crippen molar-refractivity contribution in [2.24, 2.45) is 0 Å². The average molecular weight is 621 g/mol. The van der Waals surface area contributed by atoms with Gasteiger partial charge in [0.15, 0.2) is 31.3 Å². The van der Waals surface area contributed by atoms with Gasteiger partial charge in [-0.15, -0.1) is 10.2 Å². The van der Waals surface area contributed by atoms with Crippen molar-refractivity contribution in [2.75, 3.05) is 40.4 Å². The Hall–Kier alpha value is -4.08. The van der Waals surface area contributed by atoms with E-state index in [2.05, 4.69) is 15.2 Å². The summed E-state index contributed by atoms with van der Waals surface area (Å²) in [5.41, 5.74) is 0.676. The number of ether oxygens (including phenoxy) is 4. The summed E-state index contributed by atoms with van der Waals surface area (Å²) in [6.07, 6.45) is -0.318. The molecule has 15 heteroatoms. The Balaban J connectivity index is 1.84. The van der Waals surface area contributed by atoms with Crippen molar-refractivity contribution < 1.29 is 40.2 Å². The molecule has 0 radical (unpaired) electrons. The van der Waals surface area contributed by atoms with E-state index in [0.717, 1.165) is 18.4 Å². The van der Waals surface area contributed by atoms with E-state index in [4.69, 9.17) is 18.9 Å². The van der Waals surface area contributed by atoms with Crippen LogP contribution >= 0.6 is 0 Å². The Morgan fingerprint density at radius 3 is 2.14 bits per heavy atom. The van der Waals surface area contributed by atoms with Gasteiger partial charge < -0.3 is 18.9 Å². The number of rotatable bonds is 12. The molecule has 2 aromatic heterocycles. The van der Waals surface area contributed by atoms with Gasteiger partial charge in [-0.05, 0) is 30.3 Å². The molecule has 0 unspecified atom stereocenters. The largest absolute Gasteiger partial charge is 0.494 e. The van der Waals surface area contributed by atoms with Crippen LogP contribution in [-0.4, -0.2) is 77.0 Å². The number of para-hydroxylation sites is 1. The van der Waals surface area contributed by atoms with Gasteiger partial charge in [0, 0.05) is 25.0 Å². The number of sulfone groups is 2.